The molecule has 0 aliphatic carbocycles. The van der Waals surface area contributed by atoms with Gasteiger partial charge in [0.1, 0.15) is 11.5 Å². The molecule has 0 spiro atoms. The third-order valence-corrected chi connectivity index (χ3v) is 6.56. The van der Waals surface area contributed by atoms with Crippen LogP contribution in [0.3, 0.4) is 0 Å². The van der Waals surface area contributed by atoms with Crippen molar-refractivity contribution >= 4 is 15.7 Å². The van der Waals surface area contributed by atoms with E-state index in [1.807, 2.05) is 19.9 Å². The van der Waals surface area contributed by atoms with Crippen LogP contribution in [-0.2, 0) is 26.9 Å². The minimum atomic E-state index is -3.58. The second kappa shape index (κ2) is 8.76. The molecule has 0 atom stereocenters. The highest BCUT2D eigenvalue weighted by Crippen LogP contribution is 2.16. The molecule has 0 unspecified atom stereocenters. The monoisotopic (exact) mass is 416 g/mol. The minimum absolute atomic E-state index is 0.212. The predicted octanol–water partition coefficient (Wildman–Crippen LogP) is 1.42. The highest BCUT2D eigenvalue weighted by Gasteiger charge is 2.26. The summed E-state index contributed by atoms with van der Waals surface area (Å²) >= 11 is 0. The maximum absolute atomic E-state index is 12.5. The van der Waals surface area contributed by atoms with Gasteiger partial charge in [-0.3, -0.25) is 9.69 Å². The highest BCUT2D eigenvalue weighted by atomic mass is 32.2. The Morgan fingerprint density at radius 1 is 1.17 bits per heavy atom. The smallest absolute Gasteiger partial charge is 0.237 e. The fourth-order valence-corrected chi connectivity index (χ4v) is 4.73. The van der Waals surface area contributed by atoms with E-state index in [2.05, 4.69) is 10.1 Å². The van der Waals surface area contributed by atoms with Crippen LogP contribution < -0.4 is 0 Å². The summed E-state index contributed by atoms with van der Waals surface area (Å²) in [5.41, 5.74) is 2.97. The SMILES string of the molecule is Cc1noc(C)c1CN1CCN(C(=O)CS(=O)(=O)Cc2ccc(C#N)cc2)CC1. The summed E-state index contributed by atoms with van der Waals surface area (Å²) in [5.74, 6) is -0.279. The van der Waals surface area contributed by atoms with Crippen molar-refractivity contribution in [2.45, 2.75) is 26.1 Å². The van der Waals surface area contributed by atoms with Gasteiger partial charge in [-0.25, -0.2) is 8.42 Å². The Balaban J connectivity index is 1.51. The number of aryl methyl sites for hydroxylation is 2. The summed E-state index contributed by atoms with van der Waals surface area (Å²) in [4.78, 5) is 16.3. The molecule has 1 aliphatic rings. The number of nitriles is 1. The predicted molar refractivity (Wildman–Crippen MR) is 106 cm³/mol. The lowest BCUT2D eigenvalue weighted by atomic mass is 10.2. The summed E-state index contributed by atoms with van der Waals surface area (Å²) in [5, 5.41) is 12.8. The fraction of sp³-hybridized carbons (Fsp3) is 0.450. The molecular formula is C20H24N4O4S. The summed E-state index contributed by atoms with van der Waals surface area (Å²) in [7, 11) is -3.58. The summed E-state index contributed by atoms with van der Waals surface area (Å²) in [6.45, 7) is 6.83. The van der Waals surface area contributed by atoms with Gasteiger partial charge in [-0.1, -0.05) is 17.3 Å². The Labute approximate surface area is 170 Å². The zero-order chi connectivity index (χ0) is 21.0. The number of carbonyl (C=O) groups excluding carboxylic acids is 1. The summed E-state index contributed by atoms with van der Waals surface area (Å²) in [6.07, 6.45) is 0. The molecule has 1 amide bonds. The lowest BCUT2D eigenvalue weighted by molar-refractivity contribution is -0.130. The van der Waals surface area contributed by atoms with Gasteiger partial charge >= 0.3 is 0 Å². The average Bonchev–Trinajstić information content (AvgIpc) is 3.00. The lowest BCUT2D eigenvalue weighted by Crippen LogP contribution is -2.49. The molecule has 154 valence electrons. The van der Waals surface area contributed by atoms with Gasteiger partial charge in [0.15, 0.2) is 9.84 Å². The normalized spacial score (nSPS) is 15.3. The maximum atomic E-state index is 12.5. The zero-order valence-corrected chi connectivity index (χ0v) is 17.4. The number of amides is 1. The van der Waals surface area contributed by atoms with E-state index in [4.69, 9.17) is 9.78 Å². The molecule has 1 aromatic heterocycles. The third-order valence-electron chi connectivity index (χ3n) is 5.10. The van der Waals surface area contributed by atoms with Crippen molar-refractivity contribution < 1.29 is 17.7 Å². The second-order valence-corrected chi connectivity index (χ2v) is 9.37. The van der Waals surface area contributed by atoms with Crippen molar-refractivity contribution in [3.8, 4) is 6.07 Å². The standard InChI is InChI=1S/C20H24N4O4S/c1-15-19(16(2)28-22-15)12-23-7-9-24(10-8-23)20(25)14-29(26,27)13-18-5-3-17(11-21)4-6-18/h3-6H,7-10,12-14H2,1-2H3. The van der Waals surface area contributed by atoms with Crippen LogP contribution in [0.15, 0.2) is 28.8 Å². The molecule has 0 bridgehead atoms. The van der Waals surface area contributed by atoms with Gasteiger partial charge in [0.05, 0.1) is 23.1 Å². The van der Waals surface area contributed by atoms with E-state index in [-0.39, 0.29) is 11.7 Å². The van der Waals surface area contributed by atoms with Crippen molar-refractivity contribution in [3.63, 3.8) is 0 Å². The molecule has 1 aliphatic heterocycles. The number of hydrogen-bond acceptors (Lipinski definition) is 7. The molecule has 29 heavy (non-hydrogen) atoms. The number of piperazine rings is 1. The van der Waals surface area contributed by atoms with Crippen LogP contribution in [0.25, 0.3) is 0 Å². The van der Waals surface area contributed by atoms with E-state index in [1.54, 1.807) is 29.2 Å². The number of benzene rings is 1. The van der Waals surface area contributed by atoms with Gasteiger partial charge in [0.25, 0.3) is 0 Å². The lowest BCUT2D eigenvalue weighted by Gasteiger charge is -2.34. The Morgan fingerprint density at radius 3 is 2.38 bits per heavy atom. The Bertz CT molecular complexity index is 994. The van der Waals surface area contributed by atoms with Gasteiger partial charge in [0, 0.05) is 38.3 Å². The molecule has 8 nitrogen and oxygen atoms in total. The Hall–Kier alpha value is -2.70. The average molecular weight is 417 g/mol. The maximum Gasteiger partial charge on any atom is 0.237 e. The van der Waals surface area contributed by atoms with Crippen LogP contribution in [0, 0.1) is 25.2 Å². The van der Waals surface area contributed by atoms with Crippen LogP contribution in [0.2, 0.25) is 0 Å². The molecule has 1 fully saturated rings. The fourth-order valence-electron chi connectivity index (χ4n) is 3.37. The largest absolute Gasteiger partial charge is 0.361 e. The van der Waals surface area contributed by atoms with Gasteiger partial charge in [-0.05, 0) is 31.5 Å². The van der Waals surface area contributed by atoms with Gasteiger partial charge in [-0.15, -0.1) is 0 Å². The molecule has 3 rings (SSSR count). The molecule has 0 saturated carbocycles. The van der Waals surface area contributed by atoms with E-state index < -0.39 is 15.6 Å². The van der Waals surface area contributed by atoms with Crippen molar-refractivity contribution in [2.75, 3.05) is 31.9 Å². The van der Waals surface area contributed by atoms with E-state index in [1.165, 1.54) is 0 Å². The van der Waals surface area contributed by atoms with Crippen molar-refractivity contribution in [1.29, 1.82) is 5.26 Å². The molecule has 9 heteroatoms. The molecule has 2 heterocycles. The van der Waals surface area contributed by atoms with Crippen molar-refractivity contribution in [2.24, 2.45) is 0 Å². The van der Waals surface area contributed by atoms with Crippen LogP contribution in [0.4, 0.5) is 0 Å². The number of aromatic nitrogens is 1. The van der Waals surface area contributed by atoms with E-state index >= 15 is 0 Å². The first-order valence-corrected chi connectivity index (χ1v) is 11.2. The van der Waals surface area contributed by atoms with Crippen LogP contribution >= 0.6 is 0 Å². The highest BCUT2D eigenvalue weighted by molar-refractivity contribution is 7.91. The number of rotatable bonds is 6. The quantitative estimate of drug-likeness (QED) is 0.701. The minimum Gasteiger partial charge on any atom is -0.361 e. The first kappa shape index (κ1) is 21.0. The topological polar surface area (TPSA) is 108 Å². The number of nitrogens with zero attached hydrogens (tertiary/aromatic N) is 4. The van der Waals surface area contributed by atoms with Gasteiger partial charge < -0.3 is 9.42 Å². The second-order valence-electron chi connectivity index (χ2n) is 7.30. The van der Waals surface area contributed by atoms with Crippen molar-refractivity contribution in [3.05, 3.63) is 52.4 Å². The summed E-state index contributed by atoms with van der Waals surface area (Å²) < 4.78 is 30.0. The Morgan fingerprint density at radius 2 is 1.83 bits per heavy atom. The van der Waals surface area contributed by atoms with Gasteiger partial charge in [0.2, 0.25) is 5.91 Å². The van der Waals surface area contributed by atoms with Crippen LogP contribution in [0.1, 0.15) is 28.1 Å². The zero-order valence-electron chi connectivity index (χ0n) is 16.6. The molecule has 0 radical (unpaired) electrons. The molecular weight excluding hydrogens is 392 g/mol. The van der Waals surface area contributed by atoms with E-state index in [0.29, 0.717) is 43.9 Å². The number of sulfone groups is 1. The van der Waals surface area contributed by atoms with Gasteiger partial charge in [-0.2, -0.15) is 5.26 Å². The Kier molecular flexibility index (Phi) is 6.35. The number of hydrogen-bond donors (Lipinski definition) is 0. The first-order chi connectivity index (χ1) is 13.8. The molecule has 1 saturated heterocycles. The number of carbonyl (C=O) groups is 1. The van der Waals surface area contributed by atoms with E-state index in [0.717, 1.165) is 17.0 Å². The van der Waals surface area contributed by atoms with Crippen LogP contribution in [-0.4, -0.2) is 61.2 Å². The first-order valence-electron chi connectivity index (χ1n) is 9.39. The third kappa shape index (κ3) is 5.43. The molecule has 1 aromatic carbocycles. The van der Waals surface area contributed by atoms with Crippen molar-refractivity contribution in [1.82, 2.24) is 15.0 Å². The molecule has 0 N–H and O–H groups in total. The van der Waals surface area contributed by atoms with E-state index in [9.17, 15) is 13.2 Å². The van der Waals surface area contributed by atoms with Crippen LogP contribution in [0.5, 0.6) is 0 Å². The summed E-state index contributed by atoms with van der Waals surface area (Å²) in [6, 6.07) is 8.35. The molecule has 2 aromatic rings.